The van der Waals surface area contributed by atoms with Gasteiger partial charge in [0.15, 0.2) is 0 Å². The quantitative estimate of drug-likeness (QED) is 0.895. The van der Waals surface area contributed by atoms with Crippen LogP contribution in [-0.2, 0) is 10.0 Å². The predicted molar refractivity (Wildman–Crippen MR) is 77.4 cm³/mol. The molecule has 2 unspecified atom stereocenters. The summed E-state index contributed by atoms with van der Waals surface area (Å²) in [5.74, 6) is 1.42. The molecule has 0 saturated heterocycles. The summed E-state index contributed by atoms with van der Waals surface area (Å²) in [7, 11) is -3.63. The van der Waals surface area contributed by atoms with Crippen LogP contribution in [0.15, 0.2) is 29.2 Å². The first-order valence-corrected chi connectivity index (χ1v) is 8.28. The molecule has 0 heterocycles. The SMILES string of the molecule is CC1CC(C)CC(Nc2cccc(S(N)(=O)=O)c2)C1. The molecule has 1 aliphatic rings. The second-order valence-electron chi connectivity index (χ2n) is 5.83. The van der Waals surface area contributed by atoms with Crippen molar-refractivity contribution in [3.05, 3.63) is 24.3 Å². The first-order valence-electron chi connectivity index (χ1n) is 6.74. The number of rotatable bonds is 3. The molecule has 1 aromatic rings. The Balaban J connectivity index is 2.11. The zero-order valence-electron chi connectivity index (χ0n) is 11.5. The first-order chi connectivity index (χ1) is 8.84. The van der Waals surface area contributed by atoms with Gasteiger partial charge in [0.2, 0.25) is 10.0 Å². The van der Waals surface area contributed by atoms with Gasteiger partial charge in [-0.1, -0.05) is 19.9 Å². The lowest BCUT2D eigenvalue weighted by molar-refractivity contribution is 0.281. The van der Waals surface area contributed by atoms with E-state index in [0.29, 0.717) is 17.9 Å². The van der Waals surface area contributed by atoms with Gasteiger partial charge in [0.1, 0.15) is 0 Å². The van der Waals surface area contributed by atoms with E-state index in [1.807, 2.05) is 6.07 Å². The lowest BCUT2D eigenvalue weighted by atomic mass is 9.80. The summed E-state index contributed by atoms with van der Waals surface area (Å²) >= 11 is 0. The van der Waals surface area contributed by atoms with Gasteiger partial charge < -0.3 is 5.32 Å². The summed E-state index contributed by atoms with van der Waals surface area (Å²) in [4.78, 5) is 0.161. The molecule has 3 N–H and O–H groups in total. The van der Waals surface area contributed by atoms with E-state index in [0.717, 1.165) is 18.5 Å². The summed E-state index contributed by atoms with van der Waals surface area (Å²) in [5.41, 5.74) is 0.831. The molecule has 5 heteroatoms. The fourth-order valence-electron chi connectivity index (χ4n) is 3.06. The molecule has 0 amide bonds. The van der Waals surface area contributed by atoms with Crippen molar-refractivity contribution in [2.75, 3.05) is 5.32 Å². The maximum Gasteiger partial charge on any atom is 0.238 e. The molecule has 0 aromatic heterocycles. The molecular formula is C14H22N2O2S. The van der Waals surface area contributed by atoms with E-state index in [1.165, 1.54) is 12.5 Å². The molecule has 19 heavy (non-hydrogen) atoms. The predicted octanol–water partition coefficient (Wildman–Crippen LogP) is 2.57. The smallest absolute Gasteiger partial charge is 0.238 e. The van der Waals surface area contributed by atoms with Crippen LogP contribution in [0.3, 0.4) is 0 Å². The molecule has 0 aliphatic heterocycles. The maximum absolute atomic E-state index is 11.3. The molecule has 0 radical (unpaired) electrons. The Morgan fingerprint density at radius 2 is 1.79 bits per heavy atom. The largest absolute Gasteiger partial charge is 0.382 e. The van der Waals surface area contributed by atoms with Crippen LogP contribution in [-0.4, -0.2) is 14.5 Å². The average Bonchev–Trinajstić information content (AvgIpc) is 2.26. The van der Waals surface area contributed by atoms with Crippen molar-refractivity contribution in [1.29, 1.82) is 0 Å². The summed E-state index contributed by atoms with van der Waals surface area (Å²) < 4.78 is 22.7. The summed E-state index contributed by atoms with van der Waals surface area (Å²) in [5, 5.41) is 8.58. The summed E-state index contributed by atoms with van der Waals surface area (Å²) in [6.07, 6.45) is 3.53. The van der Waals surface area contributed by atoms with Gasteiger partial charge in [0, 0.05) is 11.7 Å². The minimum Gasteiger partial charge on any atom is -0.382 e. The number of anilines is 1. The van der Waals surface area contributed by atoms with E-state index >= 15 is 0 Å². The maximum atomic E-state index is 11.3. The average molecular weight is 282 g/mol. The fourth-order valence-corrected chi connectivity index (χ4v) is 3.62. The molecule has 0 spiro atoms. The van der Waals surface area contributed by atoms with Crippen molar-refractivity contribution in [3.63, 3.8) is 0 Å². The number of sulfonamides is 1. The van der Waals surface area contributed by atoms with Gasteiger partial charge in [-0.15, -0.1) is 0 Å². The van der Waals surface area contributed by atoms with Gasteiger partial charge in [0.25, 0.3) is 0 Å². The Hall–Kier alpha value is -1.07. The van der Waals surface area contributed by atoms with Crippen molar-refractivity contribution in [3.8, 4) is 0 Å². The summed E-state index contributed by atoms with van der Waals surface area (Å²) in [6.45, 7) is 4.54. The molecule has 2 atom stereocenters. The lowest BCUT2D eigenvalue weighted by Gasteiger charge is -2.32. The van der Waals surface area contributed by atoms with Crippen LogP contribution in [0.25, 0.3) is 0 Å². The van der Waals surface area contributed by atoms with Crippen molar-refractivity contribution in [2.45, 2.75) is 44.0 Å². The van der Waals surface area contributed by atoms with Crippen LogP contribution in [0.1, 0.15) is 33.1 Å². The third-order valence-electron chi connectivity index (χ3n) is 3.71. The minimum absolute atomic E-state index is 0.161. The van der Waals surface area contributed by atoms with Crippen molar-refractivity contribution in [1.82, 2.24) is 0 Å². The van der Waals surface area contributed by atoms with Crippen molar-refractivity contribution >= 4 is 15.7 Å². The van der Waals surface area contributed by atoms with Gasteiger partial charge in [-0.2, -0.15) is 0 Å². The van der Waals surface area contributed by atoms with Crippen molar-refractivity contribution in [2.24, 2.45) is 17.0 Å². The second-order valence-corrected chi connectivity index (χ2v) is 7.39. The lowest BCUT2D eigenvalue weighted by Crippen LogP contribution is -2.30. The van der Waals surface area contributed by atoms with Gasteiger partial charge in [-0.05, 0) is 49.3 Å². The third-order valence-corrected chi connectivity index (χ3v) is 4.62. The minimum atomic E-state index is -3.63. The molecule has 1 fully saturated rings. The Morgan fingerprint density at radius 1 is 1.16 bits per heavy atom. The number of primary sulfonamides is 1. The van der Waals surface area contributed by atoms with Crippen LogP contribution in [0, 0.1) is 11.8 Å². The highest BCUT2D eigenvalue weighted by molar-refractivity contribution is 7.89. The molecule has 106 valence electrons. The van der Waals surface area contributed by atoms with Crippen LogP contribution < -0.4 is 10.5 Å². The first kappa shape index (κ1) is 14.3. The Labute approximate surface area is 115 Å². The highest BCUT2D eigenvalue weighted by Crippen LogP contribution is 2.30. The van der Waals surface area contributed by atoms with Gasteiger partial charge in [0.05, 0.1) is 4.90 Å². The number of nitrogens with one attached hydrogen (secondary N) is 1. The Morgan fingerprint density at radius 3 is 2.37 bits per heavy atom. The number of nitrogens with two attached hydrogens (primary N) is 1. The van der Waals surface area contributed by atoms with Gasteiger partial charge in [-0.3, -0.25) is 0 Å². The van der Waals surface area contributed by atoms with E-state index in [1.54, 1.807) is 12.1 Å². The fraction of sp³-hybridized carbons (Fsp3) is 0.571. The third kappa shape index (κ3) is 3.94. The molecule has 2 rings (SSSR count). The molecular weight excluding hydrogens is 260 g/mol. The van der Waals surface area contributed by atoms with Crippen LogP contribution in [0.5, 0.6) is 0 Å². The molecule has 0 bridgehead atoms. The van der Waals surface area contributed by atoms with E-state index in [-0.39, 0.29) is 4.90 Å². The number of hydrogen-bond acceptors (Lipinski definition) is 3. The number of benzene rings is 1. The zero-order chi connectivity index (χ0) is 14.0. The standard InChI is InChI=1S/C14H22N2O2S/c1-10-6-11(2)8-13(7-10)16-12-4-3-5-14(9-12)19(15,17)18/h3-5,9-11,13,16H,6-8H2,1-2H3,(H2,15,17,18). The highest BCUT2D eigenvalue weighted by Gasteiger charge is 2.23. The molecule has 1 aromatic carbocycles. The Bertz CT molecular complexity index is 532. The topological polar surface area (TPSA) is 72.2 Å². The van der Waals surface area contributed by atoms with E-state index < -0.39 is 10.0 Å². The van der Waals surface area contributed by atoms with E-state index in [9.17, 15) is 8.42 Å². The monoisotopic (exact) mass is 282 g/mol. The van der Waals surface area contributed by atoms with Gasteiger partial charge in [-0.25, -0.2) is 13.6 Å². The normalized spacial score (nSPS) is 28.1. The summed E-state index contributed by atoms with van der Waals surface area (Å²) in [6, 6.07) is 7.15. The zero-order valence-corrected chi connectivity index (χ0v) is 12.3. The second kappa shape index (κ2) is 5.51. The van der Waals surface area contributed by atoms with Crippen molar-refractivity contribution < 1.29 is 8.42 Å². The van der Waals surface area contributed by atoms with E-state index in [4.69, 9.17) is 5.14 Å². The van der Waals surface area contributed by atoms with E-state index in [2.05, 4.69) is 19.2 Å². The van der Waals surface area contributed by atoms with Crippen LogP contribution in [0.2, 0.25) is 0 Å². The number of hydrogen-bond donors (Lipinski definition) is 2. The molecule has 1 aliphatic carbocycles. The van der Waals surface area contributed by atoms with Gasteiger partial charge >= 0.3 is 0 Å². The van der Waals surface area contributed by atoms with Crippen LogP contribution in [0.4, 0.5) is 5.69 Å². The molecule has 4 nitrogen and oxygen atoms in total. The highest BCUT2D eigenvalue weighted by atomic mass is 32.2. The van der Waals surface area contributed by atoms with Crippen LogP contribution >= 0.6 is 0 Å². The Kier molecular flexibility index (Phi) is 4.16. The molecule has 1 saturated carbocycles.